The first-order valence-corrected chi connectivity index (χ1v) is 12.6. The maximum absolute atomic E-state index is 14.2. The topological polar surface area (TPSA) is 85.7 Å². The first kappa shape index (κ1) is 26.2. The highest BCUT2D eigenvalue weighted by Crippen LogP contribution is 2.49. The molecule has 11 heteroatoms. The van der Waals surface area contributed by atoms with Crippen LogP contribution in [0.2, 0.25) is 0 Å². The highest BCUT2D eigenvalue weighted by atomic mass is 19.4. The molecule has 0 bridgehead atoms. The molecule has 1 N–H and O–H groups in total. The van der Waals surface area contributed by atoms with Gasteiger partial charge in [0.1, 0.15) is 5.41 Å². The summed E-state index contributed by atoms with van der Waals surface area (Å²) in [5, 5.41) is 15.4. The maximum atomic E-state index is 14.2. The molecule has 1 fully saturated rings. The Bertz CT molecular complexity index is 1280. The van der Waals surface area contributed by atoms with E-state index in [1.54, 1.807) is 38.1 Å². The summed E-state index contributed by atoms with van der Waals surface area (Å²) in [7, 11) is 0. The van der Waals surface area contributed by atoms with E-state index < -0.39 is 23.1 Å². The zero-order valence-corrected chi connectivity index (χ0v) is 21.2. The van der Waals surface area contributed by atoms with Crippen molar-refractivity contribution in [1.29, 1.82) is 0 Å². The molecule has 0 aliphatic carbocycles. The minimum atomic E-state index is -4.51. The third-order valence-electron chi connectivity index (χ3n) is 7.73. The number of aliphatic hydroxyl groups is 1. The molecule has 3 aliphatic heterocycles. The van der Waals surface area contributed by atoms with Gasteiger partial charge in [0, 0.05) is 31.9 Å². The number of anilines is 2. The van der Waals surface area contributed by atoms with Crippen LogP contribution in [-0.4, -0.2) is 73.0 Å². The van der Waals surface area contributed by atoms with Crippen LogP contribution < -0.4 is 9.91 Å². The van der Waals surface area contributed by atoms with Crippen LogP contribution in [0.3, 0.4) is 0 Å². The fourth-order valence-corrected chi connectivity index (χ4v) is 5.84. The van der Waals surface area contributed by atoms with Crippen molar-refractivity contribution in [3.05, 3.63) is 59.2 Å². The van der Waals surface area contributed by atoms with Gasteiger partial charge < -0.3 is 14.7 Å². The number of amides is 1. The predicted octanol–water partition coefficient (Wildman–Crippen LogP) is 3.33. The quantitative estimate of drug-likeness (QED) is 0.597. The summed E-state index contributed by atoms with van der Waals surface area (Å²) in [6, 6.07) is 9.66. The van der Waals surface area contributed by atoms with Crippen molar-refractivity contribution in [3.63, 3.8) is 0 Å². The number of esters is 1. The van der Waals surface area contributed by atoms with E-state index in [4.69, 9.17) is 4.74 Å². The molecule has 1 saturated heterocycles. The van der Waals surface area contributed by atoms with Crippen molar-refractivity contribution < 1.29 is 32.6 Å². The van der Waals surface area contributed by atoms with Crippen LogP contribution >= 0.6 is 0 Å². The summed E-state index contributed by atoms with van der Waals surface area (Å²) in [5.74, 6) is -0.808. The van der Waals surface area contributed by atoms with Gasteiger partial charge in [-0.1, -0.05) is 0 Å². The van der Waals surface area contributed by atoms with Crippen molar-refractivity contribution in [3.8, 4) is 0 Å². The number of piperazine rings is 1. The average Bonchev–Trinajstić information content (AvgIpc) is 3.14. The van der Waals surface area contributed by atoms with E-state index in [9.17, 15) is 27.9 Å². The number of nitrogens with zero attached hydrogens (tertiary/aromatic N) is 4. The minimum Gasteiger partial charge on any atom is -0.462 e. The van der Waals surface area contributed by atoms with Gasteiger partial charge in [-0.2, -0.15) is 23.3 Å². The molecular formula is C27H29F3N4O4. The number of hydrogen-bond acceptors (Lipinski definition) is 7. The number of β-amino-alcohol motifs (C(OH)–C–C–N with tert-alkyl or cyclic N) is 1. The van der Waals surface area contributed by atoms with Gasteiger partial charge in [-0.05, 0) is 68.3 Å². The number of alkyl halides is 3. The van der Waals surface area contributed by atoms with E-state index >= 15 is 0 Å². The van der Waals surface area contributed by atoms with Gasteiger partial charge in [-0.15, -0.1) is 0 Å². The Morgan fingerprint density at radius 2 is 1.92 bits per heavy atom. The number of benzene rings is 2. The Kier molecular flexibility index (Phi) is 6.68. The molecule has 5 rings (SSSR count). The van der Waals surface area contributed by atoms with E-state index in [0.29, 0.717) is 54.4 Å². The van der Waals surface area contributed by atoms with E-state index in [0.717, 1.165) is 12.1 Å². The molecule has 0 radical (unpaired) electrons. The third-order valence-corrected chi connectivity index (χ3v) is 7.73. The molecule has 0 aromatic heterocycles. The Hall–Kier alpha value is -3.44. The second kappa shape index (κ2) is 9.70. The Morgan fingerprint density at radius 1 is 1.18 bits per heavy atom. The number of ether oxygens (including phenoxy) is 1. The standard InChI is InChI=1S/C27H29F3N4O4/c1-3-38-24(36)18-4-7-21(8-5-18)34-25(37)26(17(2)31-34)15-19-14-20(27(28,29)30)6-9-22(19)33-11-10-32(12-13-35)16-23(26)33/h4-9,14,23,35H,3,10-13,15-16H2,1-2H3/t23-,26-/m1/s1. The summed E-state index contributed by atoms with van der Waals surface area (Å²) in [6.07, 6.45) is -4.43. The molecule has 202 valence electrons. The second-order valence-corrected chi connectivity index (χ2v) is 9.79. The summed E-state index contributed by atoms with van der Waals surface area (Å²) < 4.78 is 45.8. The number of rotatable bonds is 5. The lowest BCUT2D eigenvalue weighted by Gasteiger charge is -2.53. The molecule has 2 aromatic rings. The SMILES string of the molecule is CCOC(=O)c1ccc(N2N=C(C)[C@@]3(Cc4cc(C(F)(F)F)ccc4N4CCN(CCO)C[C@@H]43)C2=O)cc1. The summed E-state index contributed by atoms with van der Waals surface area (Å²) >= 11 is 0. The third kappa shape index (κ3) is 4.23. The summed E-state index contributed by atoms with van der Waals surface area (Å²) in [6.45, 7) is 5.65. The normalized spacial score (nSPS) is 23.4. The highest BCUT2D eigenvalue weighted by Gasteiger charge is 2.60. The van der Waals surface area contributed by atoms with Gasteiger partial charge in [0.15, 0.2) is 0 Å². The predicted molar refractivity (Wildman–Crippen MR) is 135 cm³/mol. The van der Waals surface area contributed by atoms with Gasteiger partial charge >= 0.3 is 12.1 Å². The molecule has 8 nitrogen and oxygen atoms in total. The van der Waals surface area contributed by atoms with Crippen LogP contribution in [0, 0.1) is 5.41 Å². The highest BCUT2D eigenvalue weighted by molar-refractivity contribution is 6.20. The van der Waals surface area contributed by atoms with Crippen molar-refractivity contribution in [2.75, 3.05) is 49.3 Å². The van der Waals surface area contributed by atoms with Gasteiger partial charge in [0.2, 0.25) is 0 Å². The van der Waals surface area contributed by atoms with Crippen LogP contribution in [0.5, 0.6) is 0 Å². The lowest BCUT2D eigenvalue weighted by atomic mass is 9.67. The molecule has 2 atom stereocenters. The molecule has 38 heavy (non-hydrogen) atoms. The van der Waals surface area contributed by atoms with Crippen LogP contribution in [0.4, 0.5) is 24.5 Å². The van der Waals surface area contributed by atoms with Crippen molar-refractivity contribution >= 4 is 29.0 Å². The van der Waals surface area contributed by atoms with Crippen molar-refractivity contribution in [2.45, 2.75) is 32.5 Å². The number of carbonyl (C=O) groups excluding carboxylic acids is 2. The largest absolute Gasteiger partial charge is 0.462 e. The molecule has 0 unspecified atom stereocenters. The zero-order valence-electron chi connectivity index (χ0n) is 21.2. The van der Waals surface area contributed by atoms with Crippen LogP contribution in [0.1, 0.15) is 35.3 Å². The first-order valence-electron chi connectivity index (χ1n) is 12.6. The maximum Gasteiger partial charge on any atom is 0.416 e. The molecule has 0 saturated carbocycles. The van der Waals surface area contributed by atoms with E-state index in [1.165, 1.54) is 11.1 Å². The van der Waals surface area contributed by atoms with E-state index in [-0.39, 0.29) is 31.6 Å². The lowest BCUT2D eigenvalue weighted by molar-refractivity contribution is -0.137. The summed E-state index contributed by atoms with van der Waals surface area (Å²) in [4.78, 5) is 30.4. The fraction of sp³-hybridized carbons (Fsp3) is 0.444. The van der Waals surface area contributed by atoms with Gasteiger partial charge in [0.05, 0.1) is 41.8 Å². The Labute approximate surface area is 218 Å². The van der Waals surface area contributed by atoms with E-state index in [1.807, 2.05) is 4.90 Å². The smallest absolute Gasteiger partial charge is 0.416 e. The lowest BCUT2D eigenvalue weighted by Crippen LogP contribution is -2.67. The first-order chi connectivity index (χ1) is 18.1. The van der Waals surface area contributed by atoms with Gasteiger partial charge in [-0.25, -0.2) is 4.79 Å². The number of carbonyl (C=O) groups is 2. The number of hydrogen-bond donors (Lipinski definition) is 1. The number of aliphatic hydroxyl groups excluding tert-OH is 1. The van der Waals surface area contributed by atoms with Gasteiger partial charge in [0.25, 0.3) is 5.91 Å². The molecular weight excluding hydrogens is 501 g/mol. The zero-order chi connectivity index (χ0) is 27.2. The monoisotopic (exact) mass is 530 g/mol. The fourth-order valence-electron chi connectivity index (χ4n) is 5.84. The van der Waals surface area contributed by atoms with Crippen LogP contribution in [-0.2, 0) is 22.1 Å². The minimum absolute atomic E-state index is 0.0365. The van der Waals surface area contributed by atoms with Crippen molar-refractivity contribution in [1.82, 2.24) is 4.90 Å². The van der Waals surface area contributed by atoms with Crippen LogP contribution in [0.15, 0.2) is 47.6 Å². The molecule has 2 aromatic carbocycles. The van der Waals surface area contributed by atoms with Crippen LogP contribution in [0.25, 0.3) is 0 Å². The molecule has 1 spiro atoms. The Morgan fingerprint density at radius 3 is 2.58 bits per heavy atom. The molecule has 3 heterocycles. The average molecular weight is 531 g/mol. The van der Waals surface area contributed by atoms with E-state index in [2.05, 4.69) is 10.0 Å². The number of halogens is 3. The van der Waals surface area contributed by atoms with Crippen molar-refractivity contribution in [2.24, 2.45) is 10.5 Å². The molecule has 3 aliphatic rings. The number of hydrazone groups is 1. The number of fused-ring (bicyclic) bond motifs is 4. The molecule has 1 amide bonds. The van der Waals surface area contributed by atoms with Gasteiger partial charge in [-0.3, -0.25) is 9.69 Å². The second-order valence-electron chi connectivity index (χ2n) is 9.79. The Balaban J connectivity index is 1.55. The summed E-state index contributed by atoms with van der Waals surface area (Å²) in [5.41, 5.74) is 0.497.